The number of likely N-dealkylation sites (tertiary alicyclic amines) is 1. The number of nitrogens with zero attached hydrogens (tertiary/aromatic N) is 5. The van der Waals surface area contributed by atoms with Gasteiger partial charge in [0, 0.05) is 24.7 Å². The van der Waals surface area contributed by atoms with Crippen LogP contribution in [0, 0.1) is 0 Å². The molecule has 26 heavy (non-hydrogen) atoms. The molecular weight excluding hydrogens is 375 g/mol. The van der Waals surface area contributed by atoms with Gasteiger partial charge in [0.05, 0.1) is 15.7 Å². The second-order valence-corrected chi connectivity index (χ2v) is 7.03. The topological polar surface area (TPSA) is 75.4 Å². The molecule has 3 heterocycles. The van der Waals surface area contributed by atoms with Crippen molar-refractivity contribution in [1.29, 1.82) is 0 Å². The summed E-state index contributed by atoms with van der Waals surface area (Å²) in [4.78, 5) is 14.3. The van der Waals surface area contributed by atoms with E-state index in [0.29, 0.717) is 34.7 Å². The lowest BCUT2D eigenvalue weighted by molar-refractivity contribution is 0.194. The average Bonchev–Trinajstić information content (AvgIpc) is 3.12. The van der Waals surface area contributed by atoms with Gasteiger partial charge in [-0.25, -0.2) is 9.31 Å². The summed E-state index contributed by atoms with van der Waals surface area (Å²) in [5.41, 5.74) is 2.36. The van der Waals surface area contributed by atoms with Gasteiger partial charge in [-0.1, -0.05) is 23.2 Å². The van der Waals surface area contributed by atoms with E-state index in [1.54, 1.807) is 33.9 Å². The van der Waals surface area contributed by atoms with E-state index in [0.717, 1.165) is 24.2 Å². The molecule has 1 saturated heterocycles. The van der Waals surface area contributed by atoms with E-state index in [4.69, 9.17) is 23.2 Å². The molecule has 0 radical (unpaired) electrons. The third-order valence-corrected chi connectivity index (χ3v) is 5.29. The normalized spacial score (nSPS) is 15.4. The number of hydrogen-bond acceptors (Lipinski definition) is 4. The Morgan fingerprint density at radius 1 is 1.12 bits per heavy atom. The Labute approximate surface area is 159 Å². The van der Waals surface area contributed by atoms with Gasteiger partial charge in [0.1, 0.15) is 6.33 Å². The zero-order valence-corrected chi connectivity index (χ0v) is 15.3. The lowest BCUT2D eigenvalue weighted by Crippen LogP contribution is -2.40. The molecule has 0 spiro atoms. The molecule has 1 N–H and O–H groups in total. The summed E-state index contributed by atoms with van der Waals surface area (Å²) in [6.45, 7) is 1.33. The summed E-state index contributed by atoms with van der Waals surface area (Å²) in [5, 5.41) is 16.1. The molecule has 2 amide bonds. The van der Waals surface area contributed by atoms with Crippen molar-refractivity contribution in [2.45, 2.75) is 18.8 Å². The molecule has 3 aromatic rings. The van der Waals surface area contributed by atoms with E-state index in [1.807, 2.05) is 12.1 Å². The molecule has 1 fully saturated rings. The van der Waals surface area contributed by atoms with E-state index in [1.165, 1.54) is 0 Å². The van der Waals surface area contributed by atoms with Crippen LogP contribution in [0.2, 0.25) is 10.0 Å². The Morgan fingerprint density at radius 2 is 1.92 bits per heavy atom. The number of carbonyl (C=O) groups is 1. The molecule has 1 aliphatic heterocycles. The smallest absolute Gasteiger partial charge is 0.321 e. The van der Waals surface area contributed by atoms with Crippen molar-refractivity contribution >= 4 is 40.6 Å². The van der Waals surface area contributed by atoms with Crippen molar-refractivity contribution in [2.75, 3.05) is 18.4 Å². The van der Waals surface area contributed by atoms with Crippen LogP contribution in [-0.4, -0.2) is 43.8 Å². The van der Waals surface area contributed by atoms with E-state index in [2.05, 4.69) is 20.6 Å². The van der Waals surface area contributed by atoms with Gasteiger partial charge < -0.3 is 10.2 Å². The van der Waals surface area contributed by atoms with Crippen LogP contribution in [0.3, 0.4) is 0 Å². The largest absolute Gasteiger partial charge is 0.324 e. The van der Waals surface area contributed by atoms with Crippen LogP contribution in [-0.2, 0) is 0 Å². The van der Waals surface area contributed by atoms with Gasteiger partial charge in [-0.2, -0.15) is 5.10 Å². The number of benzene rings is 1. The molecule has 1 aliphatic rings. The number of carbonyl (C=O) groups excluding carboxylic acids is 1. The number of anilines is 1. The predicted octanol–water partition coefficient (Wildman–Crippen LogP) is 3.84. The lowest BCUT2D eigenvalue weighted by Gasteiger charge is -2.31. The van der Waals surface area contributed by atoms with Gasteiger partial charge in [-0.05, 0) is 43.2 Å². The minimum atomic E-state index is -0.135. The minimum Gasteiger partial charge on any atom is -0.324 e. The van der Waals surface area contributed by atoms with Crippen molar-refractivity contribution in [3.8, 4) is 0 Å². The molecule has 9 heteroatoms. The number of fused-ring (bicyclic) bond motifs is 1. The number of hydrogen-bond donors (Lipinski definition) is 1. The van der Waals surface area contributed by atoms with Crippen LogP contribution >= 0.6 is 23.2 Å². The van der Waals surface area contributed by atoms with Crippen molar-refractivity contribution in [3.63, 3.8) is 0 Å². The van der Waals surface area contributed by atoms with Crippen LogP contribution < -0.4 is 5.32 Å². The summed E-state index contributed by atoms with van der Waals surface area (Å²) in [6.07, 6.45) is 3.31. The van der Waals surface area contributed by atoms with Crippen molar-refractivity contribution < 1.29 is 4.79 Å². The quantitative estimate of drug-likeness (QED) is 0.720. The predicted molar refractivity (Wildman–Crippen MR) is 99.8 cm³/mol. The maximum absolute atomic E-state index is 12.4. The van der Waals surface area contributed by atoms with Gasteiger partial charge in [0.25, 0.3) is 0 Å². The van der Waals surface area contributed by atoms with E-state index >= 15 is 0 Å². The highest BCUT2D eigenvalue weighted by atomic mass is 35.5. The van der Waals surface area contributed by atoms with Crippen LogP contribution in [0.4, 0.5) is 10.5 Å². The first-order valence-corrected chi connectivity index (χ1v) is 9.04. The zero-order valence-electron chi connectivity index (χ0n) is 13.8. The Bertz CT molecular complexity index is 951. The highest BCUT2D eigenvalue weighted by molar-refractivity contribution is 6.42. The first-order valence-electron chi connectivity index (χ1n) is 8.28. The number of rotatable bonds is 2. The molecule has 0 aliphatic carbocycles. The molecule has 0 atom stereocenters. The molecule has 1 aromatic carbocycles. The average molecular weight is 391 g/mol. The third kappa shape index (κ3) is 3.45. The Balaban J connectivity index is 1.37. The summed E-state index contributed by atoms with van der Waals surface area (Å²) in [6, 6.07) is 8.81. The first-order chi connectivity index (χ1) is 12.6. The molecule has 0 saturated carbocycles. The van der Waals surface area contributed by atoms with Gasteiger partial charge in [-0.15, -0.1) is 10.2 Å². The Kier molecular flexibility index (Phi) is 4.65. The van der Waals surface area contributed by atoms with E-state index in [9.17, 15) is 4.79 Å². The number of amides is 2. The second-order valence-electron chi connectivity index (χ2n) is 6.21. The fourth-order valence-electron chi connectivity index (χ4n) is 3.12. The summed E-state index contributed by atoms with van der Waals surface area (Å²) < 4.78 is 1.68. The molecule has 0 unspecified atom stereocenters. The van der Waals surface area contributed by atoms with Gasteiger partial charge in [0.15, 0.2) is 5.65 Å². The van der Waals surface area contributed by atoms with Crippen LogP contribution in [0.15, 0.2) is 36.7 Å². The fraction of sp³-hybridized carbons (Fsp3) is 0.294. The maximum atomic E-state index is 12.4. The molecule has 2 aromatic heterocycles. The number of urea groups is 1. The standard InChI is InChI=1S/C17H16Cl2N6O/c18-13-2-1-12(9-14(13)19)21-17(26)24-7-5-11(6-8-24)15-3-4-16-22-20-10-25(16)23-15/h1-4,9-11H,5-8H2,(H,21,26). The number of nitrogens with one attached hydrogen (secondary N) is 1. The highest BCUT2D eigenvalue weighted by Gasteiger charge is 2.25. The summed E-state index contributed by atoms with van der Waals surface area (Å²) in [7, 11) is 0. The van der Waals surface area contributed by atoms with Crippen molar-refractivity contribution in [3.05, 3.63) is 52.4 Å². The molecule has 7 nitrogen and oxygen atoms in total. The third-order valence-electron chi connectivity index (χ3n) is 4.55. The van der Waals surface area contributed by atoms with E-state index < -0.39 is 0 Å². The molecule has 4 rings (SSSR count). The lowest BCUT2D eigenvalue weighted by atomic mass is 9.93. The number of halogens is 2. The molecular formula is C17H16Cl2N6O. The van der Waals surface area contributed by atoms with Crippen LogP contribution in [0.1, 0.15) is 24.5 Å². The number of aromatic nitrogens is 4. The summed E-state index contributed by atoms with van der Waals surface area (Å²) >= 11 is 11.9. The highest BCUT2D eigenvalue weighted by Crippen LogP contribution is 2.28. The second kappa shape index (κ2) is 7.09. The Hall–Kier alpha value is -2.38. The minimum absolute atomic E-state index is 0.135. The van der Waals surface area contributed by atoms with Crippen molar-refractivity contribution in [1.82, 2.24) is 24.7 Å². The van der Waals surface area contributed by atoms with Crippen LogP contribution in [0.25, 0.3) is 5.65 Å². The molecule has 0 bridgehead atoms. The summed E-state index contributed by atoms with van der Waals surface area (Å²) in [5.74, 6) is 0.316. The van der Waals surface area contributed by atoms with Crippen molar-refractivity contribution in [2.24, 2.45) is 0 Å². The van der Waals surface area contributed by atoms with E-state index in [-0.39, 0.29) is 6.03 Å². The first kappa shape index (κ1) is 17.1. The zero-order chi connectivity index (χ0) is 18.1. The maximum Gasteiger partial charge on any atom is 0.321 e. The SMILES string of the molecule is O=C(Nc1ccc(Cl)c(Cl)c1)N1CCC(c2ccc3nncn3n2)CC1. The Morgan fingerprint density at radius 3 is 2.69 bits per heavy atom. The molecule has 134 valence electrons. The number of piperidine rings is 1. The van der Waals surface area contributed by atoms with Gasteiger partial charge >= 0.3 is 6.03 Å². The monoisotopic (exact) mass is 390 g/mol. The van der Waals surface area contributed by atoms with Gasteiger partial charge in [-0.3, -0.25) is 0 Å². The van der Waals surface area contributed by atoms with Gasteiger partial charge in [0.2, 0.25) is 0 Å². The fourth-order valence-corrected chi connectivity index (χ4v) is 3.41. The van der Waals surface area contributed by atoms with Crippen LogP contribution in [0.5, 0.6) is 0 Å².